The predicted octanol–water partition coefficient (Wildman–Crippen LogP) is 1.23. The van der Waals surface area contributed by atoms with Crippen molar-refractivity contribution >= 4 is 11.9 Å². The molecule has 2 aliphatic heterocycles. The first-order valence-corrected chi connectivity index (χ1v) is 7.88. The number of nitrogens with zero attached hydrogens (tertiary/aromatic N) is 1. The quantitative estimate of drug-likeness (QED) is 0.798. The minimum absolute atomic E-state index is 0.0875. The number of likely N-dealkylation sites (tertiary alicyclic amines) is 1. The van der Waals surface area contributed by atoms with Gasteiger partial charge in [-0.05, 0) is 50.6 Å². The lowest BCUT2D eigenvalue weighted by Gasteiger charge is -2.29. The number of carboxylic acid groups (broad SMARTS) is 1. The van der Waals surface area contributed by atoms with Crippen LogP contribution in [0.3, 0.4) is 0 Å². The second kappa shape index (κ2) is 5.35. The van der Waals surface area contributed by atoms with Gasteiger partial charge in [-0.2, -0.15) is 0 Å². The molecule has 2 unspecified atom stereocenters. The SMILES string of the molecule is O=C(O)C1CCCCCN1C(=O)C1CC12CCNCC2. The fourth-order valence-corrected chi connectivity index (χ4v) is 4.00. The van der Waals surface area contributed by atoms with Gasteiger partial charge >= 0.3 is 5.97 Å². The lowest BCUT2D eigenvalue weighted by Crippen LogP contribution is -2.46. The van der Waals surface area contributed by atoms with E-state index in [1.807, 2.05) is 0 Å². The summed E-state index contributed by atoms with van der Waals surface area (Å²) < 4.78 is 0. The topological polar surface area (TPSA) is 69.6 Å². The molecule has 1 aliphatic carbocycles. The molecule has 1 amide bonds. The predicted molar refractivity (Wildman–Crippen MR) is 74.2 cm³/mol. The molecule has 1 spiro atoms. The highest BCUT2D eigenvalue weighted by atomic mass is 16.4. The molecule has 112 valence electrons. The molecule has 0 bridgehead atoms. The number of hydrogen-bond acceptors (Lipinski definition) is 3. The third-order valence-electron chi connectivity index (χ3n) is 5.41. The van der Waals surface area contributed by atoms with E-state index < -0.39 is 12.0 Å². The summed E-state index contributed by atoms with van der Waals surface area (Å²) >= 11 is 0. The molecular weight excluding hydrogens is 256 g/mol. The first-order valence-electron chi connectivity index (χ1n) is 7.88. The van der Waals surface area contributed by atoms with Crippen LogP contribution in [0.4, 0.5) is 0 Å². The van der Waals surface area contributed by atoms with Gasteiger partial charge < -0.3 is 15.3 Å². The van der Waals surface area contributed by atoms with Crippen LogP contribution in [0.25, 0.3) is 0 Å². The molecule has 3 rings (SSSR count). The lowest BCUT2D eigenvalue weighted by molar-refractivity contribution is -0.151. The van der Waals surface area contributed by atoms with Crippen molar-refractivity contribution in [1.29, 1.82) is 0 Å². The highest BCUT2D eigenvalue weighted by Crippen LogP contribution is 2.59. The molecule has 2 saturated heterocycles. The fraction of sp³-hybridized carbons (Fsp3) is 0.867. The van der Waals surface area contributed by atoms with Crippen molar-refractivity contribution in [3.63, 3.8) is 0 Å². The summed E-state index contributed by atoms with van der Waals surface area (Å²) in [6.07, 6.45) is 6.60. The van der Waals surface area contributed by atoms with Crippen LogP contribution in [0.5, 0.6) is 0 Å². The van der Waals surface area contributed by atoms with Crippen molar-refractivity contribution in [2.45, 2.75) is 51.0 Å². The third-order valence-corrected chi connectivity index (χ3v) is 5.41. The molecule has 0 radical (unpaired) electrons. The van der Waals surface area contributed by atoms with Gasteiger partial charge in [0, 0.05) is 12.5 Å². The van der Waals surface area contributed by atoms with Gasteiger partial charge in [0.05, 0.1) is 0 Å². The normalized spacial score (nSPS) is 32.7. The summed E-state index contributed by atoms with van der Waals surface area (Å²) in [5, 5.41) is 12.7. The van der Waals surface area contributed by atoms with Gasteiger partial charge in [-0.1, -0.05) is 12.8 Å². The number of piperidine rings is 1. The van der Waals surface area contributed by atoms with Gasteiger partial charge in [0.15, 0.2) is 0 Å². The Kier molecular flexibility index (Phi) is 3.71. The van der Waals surface area contributed by atoms with Gasteiger partial charge in [0.25, 0.3) is 0 Å². The van der Waals surface area contributed by atoms with E-state index in [1.54, 1.807) is 4.90 Å². The van der Waals surface area contributed by atoms with Crippen molar-refractivity contribution in [1.82, 2.24) is 10.2 Å². The van der Waals surface area contributed by atoms with Crippen LogP contribution in [-0.2, 0) is 9.59 Å². The van der Waals surface area contributed by atoms with Gasteiger partial charge in [0.2, 0.25) is 5.91 Å². The number of carboxylic acids is 1. The Balaban J connectivity index is 1.70. The molecule has 3 fully saturated rings. The first-order chi connectivity index (χ1) is 9.64. The van der Waals surface area contributed by atoms with E-state index in [4.69, 9.17) is 0 Å². The molecule has 0 aromatic rings. The Bertz CT molecular complexity index is 404. The van der Waals surface area contributed by atoms with Crippen LogP contribution in [0, 0.1) is 11.3 Å². The Morgan fingerprint density at radius 3 is 2.60 bits per heavy atom. The van der Waals surface area contributed by atoms with Crippen LogP contribution in [0.2, 0.25) is 0 Å². The second-order valence-electron chi connectivity index (χ2n) is 6.60. The van der Waals surface area contributed by atoms with Crippen LogP contribution in [-0.4, -0.2) is 47.6 Å². The highest BCUT2D eigenvalue weighted by Gasteiger charge is 2.59. The Morgan fingerprint density at radius 1 is 1.15 bits per heavy atom. The molecule has 2 N–H and O–H groups in total. The van der Waals surface area contributed by atoms with Crippen LogP contribution in [0.1, 0.15) is 44.9 Å². The van der Waals surface area contributed by atoms with Gasteiger partial charge in [0.1, 0.15) is 6.04 Å². The standard InChI is InChI=1S/C15H24N2O3/c18-13(11-10-15(11)5-7-16-8-6-15)17-9-3-1-2-4-12(17)14(19)20/h11-12,16H,1-10H2,(H,19,20). The molecular formula is C15H24N2O3. The van der Waals surface area contributed by atoms with Crippen molar-refractivity contribution in [3.8, 4) is 0 Å². The molecule has 2 heterocycles. The summed E-state index contributed by atoms with van der Waals surface area (Å²) in [5.41, 5.74) is 0.192. The molecule has 5 heteroatoms. The molecule has 5 nitrogen and oxygen atoms in total. The largest absolute Gasteiger partial charge is 0.480 e. The number of rotatable bonds is 2. The molecule has 20 heavy (non-hydrogen) atoms. The maximum Gasteiger partial charge on any atom is 0.326 e. The maximum atomic E-state index is 12.7. The Morgan fingerprint density at radius 2 is 1.90 bits per heavy atom. The maximum absolute atomic E-state index is 12.7. The summed E-state index contributed by atoms with van der Waals surface area (Å²) in [5.74, 6) is -0.633. The smallest absolute Gasteiger partial charge is 0.326 e. The third kappa shape index (κ3) is 2.43. The van der Waals surface area contributed by atoms with Gasteiger partial charge in [-0.3, -0.25) is 4.79 Å². The number of carbonyl (C=O) groups excluding carboxylic acids is 1. The zero-order valence-electron chi connectivity index (χ0n) is 11.9. The second-order valence-corrected chi connectivity index (χ2v) is 6.60. The minimum atomic E-state index is -0.833. The zero-order chi connectivity index (χ0) is 14.2. The van der Waals surface area contributed by atoms with E-state index in [0.29, 0.717) is 13.0 Å². The number of hydrogen-bond donors (Lipinski definition) is 2. The molecule has 0 aromatic carbocycles. The van der Waals surface area contributed by atoms with Gasteiger partial charge in [-0.25, -0.2) is 4.79 Å². The van der Waals surface area contributed by atoms with E-state index in [0.717, 1.165) is 51.6 Å². The number of carbonyl (C=O) groups is 2. The van der Waals surface area contributed by atoms with Crippen LogP contribution in [0.15, 0.2) is 0 Å². The van der Waals surface area contributed by atoms with E-state index in [9.17, 15) is 14.7 Å². The average Bonchev–Trinajstić information content (AvgIpc) is 3.17. The van der Waals surface area contributed by atoms with Crippen molar-refractivity contribution in [2.24, 2.45) is 11.3 Å². The van der Waals surface area contributed by atoms with Gasteiger partial charge in [-0.15, -0.1) is 0 Å². The lowest BCUT2D eigenvalue weighted by atomic mass is 9.91. The summed E-state index contributed by atoms with van der Waals surface area (Å²) in [6.45, 7) is 2.61. The number of nitrogens with one attached hydrogen (secondary N) is 1. The monoisotopic (exact) mass is 280 g/mol. The van der Waals surface area contributed by atoms with E-state index in [-0.39, 0.29) is 17.2 Å². The number of aliphatic carboxylic acids is 1. The zero-order valence-corrected chi connectivity index (χ0v) is 11.9. The Hall–Kier alpha value is -1.10. The summed E-state index contributed by atoms with van der Waals surface area (Å²) in [7, 11) is 0. The van der Waals surface area contributed by atoms with Crippen molar-refractivity contribution in [2.75, 3.05) is 19.6 Å². The van der Waals surface area contributed by atoms with Crippen LogP contribution < -0.4 is 5.32 Å². The molecule has 2 atom stereocenters. The highest BCUT2D eigenvalue weighted by molar-refractivity contribution is 5.87. The van der Waals surface area contributed by atoms with Crippen molar-refractivity contribution < 1.29 is 14.7 Å². The summed E-state index contributed by atoms with van der Waals surface area (Å²) in [4.78, 5) is 25.8. The van der Waals surface area contributed by atoms with Crippen molar-refractivity contribution in [3.05, 3.63) is 0 Å². The van der Waals surface area contributed by atoms with E-state index in [1.165, 1.54) is 0 Å². The molecule has 0 aromatic heterocycles. The minimum Gasteiger partial charge on any atom is -0.480 e. The van der Waals surface area contributed by atoms with E-state index >= 15 is 0 Å². The molecule has 3 aliphatic rings. The number of amides is 1. The fourth-order valence-electron chi connectivity index (χ4n) is 4.00. The van der Waals surface area contributed by atoms with Crippen LogP contribution >= 0.6 is 0 Å². The average molecular weight is 280 g/mol. The Labute approximate surface area is 119 Å². The summed E-state index contributed by atoms with van der Waals surface area (Å²) in [6, 6.07) is -0.593. The molecule has 1 saturated carbocycles. The first kappa shape index (κ1) is 13.9. The van der Waals surface area contributed by atoms with E-state index in [2.05, 4.69) is 5.32 Å².